The van der Waals surface area contributed by atoms with Crippen LogP contribution in [0.4, 0.5) is 0 Å². The molecule has 11 heavy (non-hydrogen) atoms. The van der Waals surface area contributed by atoms with Crippen LogP contribution < -0.4 is 0 Å². The van der Waals surface area contributed by atoms with Gasteiger partial charge in [-0.1, -0.05) is 11.6 Å². The van der Waals surface area contributed by atoms with Crippen molar-refractivity contribution >= 4 is 23.4 Å². The van der Waals surface area contributed by atoms with Crippen LogP contribution >= 0.6 is 23.4 Å². The van der Waals surface area contributed by atoms with Gasteiger partial charge in [0.15, 0.2) is 0 Å². The molecule has 4 heteroatoms. The van der Waals surface area contributed by atoms with Gasteiger partial charge in [-0.05, 0) is 6.07 Å². The zero-order valence-electron chi connectivity index (χ0n) is 5.83. The Morgan fingerprint density at radius 2 is 2.36 bits per heavy atom. The van der Waals surface area contributed by atoms with E-state index in [2.05, 4.69) is 9.97 Å². The average Bonchev–Trinajstić information content (AvgIpc) is 1.83. The highest BCUT2D eigenvalue weighted by atomic mass is 35.5. The lowest BCUT2D eigenvalue weighted by molar-refractivity contribution is 0.763. The molecule has 0 N–H and O–H groups in total. The van der Waals surface area contributed by atoms with Gasteiger partial charge in [-0.2, -0.15) is 11.8 Å². The number of halogens is 1. The first-order valence-electron chi connectivity index (χ1n) is 3.42. The molecular formula is C7H7ClN2S. The zero-order chi connectivity index (χ0) is 7.68. The number of hydrogen-bond donors (Lipinski definition) is 0. The molecule has 0 bridgehead atoms. The molecule has 1 fully saturated rings. The molecule has 2 nitrogen and oxygen atoms in total. The summed E-state index contributed by atoms with van der Waals surface area (Å²) >= 11 is 7.63. The van der Waals surface area contributed by atoms with E-state index in [4.69, 9.17) is 11.6 Å². The summed E-state index contributed by atoms with van der Waals surface area (Å²) in [7, 11) is 0. The number of aromatic nitrogens is 2. The van der Waals surface area contributed by atoms with Crippen molar-refractivity contribution in [3.05, 3.63) is 23.2 Å². The van der Waals surface area contributed by atoms with Gasteiger partial charge in [-0.25, -0.2) is 9.97 Å². The summed E-state index contributed by atoms with van der Waals surface area (Å²) in [5.74, 6) is 3.72. The van der Waals surface area contributed by atoms with Crippen molar-refractivity contribution in [3.8, 4) is 0 Å². The number of thioether (sulfide) groups is 1. The summed E-state index contributed by atoms with van der Waals surface area (Å²) < 4.78 is 0. The fourth-order valence-electron chi connectivity index (χ4n) is 0.932. The second kappa shape index (κ2) is 2.99. The second-order valence-electron chi connectivity index (χ2n) is 2.47. The minimum atomic E-state index is 0.540. The van der Waals surface area contributed by atoms with Gasteiger partial charge in [-0.3, -0.25) is 0 Å². The van der Waals surface area contributed by atoms with Crippen molar-refractivity contribution in [1.29, 1.82) is 0 Å². The van der Waals surface area contributed by atoms with Crippen molar-refractivity contribution in [2.45, 2.75) is 5.92 Å². The molecule has 0 spiro atoms. The standard InChI is InChI=1S/C7H7ClN2S/c8-6-1-2-9-7(10-6)5-3-11-4-5/h1-2,5H,3-4H2. The molecule has 2 heterocycles. The van der Waals surface area contributed by atoms with E-state index in [9.17, 15) is 0 Å². The molecule has 0 radical (unpaired) electrons. The van der Waals surface area contributed by atoms with E-state index in [0.717, 1.165) is 17.3 Å². The number of nitrogens with zero attached hydrogens (tertiary/aromatic N) is 2. The minimum Gasteiger partial charge on any atom is -0.241 e. The van der Waals surface area contributed by atoms with Crippen molar-refractivity contribution in [2.24, 2.45) is 0 Å². The molecule has 0 unspecified atom stereocenters. The van der Waals surface area contributed by atoms with E-state index < -0.39 is 0 Å². The molecule has 0 amide bonds. The molecular weight excluding hydrogens is 180 g/mol. The van der Waals surface area contributed by atoms with Crippen LogP contribution in [-0.2, 0) is 0 Å². The lowest BCUT2D eigenvalue weighted by atomic mass is 10.2. The molecule has 0 saturated carbocycles. The molecule has 2 rings (SSSR count). The Labute approximate surface area is 74.4 Å². The lowest BCUT2D eigenvalue weighted by Gasteiger charge is -2.22. The Kier molecular flexibility index (Phi) is 2.00. The topological polar surface area (TPSA) is 25.8 Å². The van der Waals surface area contributed by atoms with Crippen molar-refractivity contribution in [2.75, 3.05) is 11.5 Å². The van der Waals surface area contributed by atoms with Gasteiger partial charge in [0.2, 0.25) is 0 Å². The molecule has 58 valence electrons. The van der Waals surface area contributed by atoms with E-state index in [1.165, 1.54) is 0 Å². The predicted octanol–water partition coefficient (Wildman–Crippen LogP) is 1.96. The summed E-state index contributed by atoms with van der Waals surface area (Å²) in [5, 5.41) is 0.548. The van der Waals surface area contributed by atoms with E-state index in [0.29, 0.717) is 11.1 Å². The smallest absolute Gasteiger partial charge is 0.134 e. The van der Waals surface area contributed by atoms with Gasteiger partial charge >= 0.3 is 0 Å². The SMILES string of the molecule is Clc1ccnc(C2CSC2)n1. The minimum absolute atomic E-state index is 0.540. The maximum atomic E-state index is 5.71. The molecule has 1 aliphatic rings. The summed E-state index contributed by atoms with van der Waals surface area (Å²) in [6.45, 7) is 0. The first-order valence-corrected chi connectivity index (χ1v) is 4.96. The van der Waals surface area contributed by atoms with E-state index >= 15 is 0 Å². The largest absolute Gasteiger partial charge is 0.241 e. The third-order valence-electron chi connectivity index (χ3n) is 1.64. The third-order valence-corrected chi connectivity index (χ3v) is 3.13. The third kappa shape index (κ3) is 1.49. The predicted molar refractivity (Wildman–Crippen MR) is 47.1 cm³/mol. The van der Waals surface area contributed by atoms with Crippen LogP contribution in [0.1, 0.15) is 11.7 Å². The quantitative estimate of drug-likeness (QED) is 0.628. The average molecular weight is 187 g/mol. The van der Waals surface area contributed by atoms with Crippen molar-refractivity contribution in [3.63, 3.8) is 0 Å². The fraction of sp³-hybridized carbons (Fsp3) is 0.429. The molecule has 0 aliphatic carbocycles. The molecule has 1 aromatic heterocycles. The van der Waals surface area contributed by atoms with Crippen molar-refractivity contribution in [1.82, 2.24) is 9.97 Å². The highest BCUT2D eigenvalue weighted by Crippen LogP contribution is 2.31. The van der Waals surface area contributed by atoms with Crippen LogP contribution in [0.3, 0.4) is 0 Å². The summed E-state index contributed by atoms with van der Waals surface area (Å²) in [4.78, 5) is 8.29. The first kappa shape index (κ1) is 7.37. The summed E-state index contributed by atoms with van der Waals surface area (Å²) in [5.41, 5.74) is 0. The van der Waals surface area contributed by atoms with Crippen LogP contribution in [0.5, 0.6) is 0 Å². The van der Waals surface area contributed by atoms with E-state index in [1.54, 1.807) is 12.3 Å². The Morgan fingerprint density at radius 3 is 2.91 bits per heavy atom. The zero-order valence-corrected chi connectivity index (χ0v) is 7.40. The second-order valence-corrected chi connectivity index (χ2v) is 3.93. The molecule has 0 atom stereocenters. The molecule has 1 saturated heterocycles. The number of hydrogen-bond acceptors (Lipinski definition) is 3. The van der Waals surface area contributed by atoms with Crippen LogP contribution in [0.2, 0.25) is 5.15 Å². The fourth-order valence-corrected chi connectivity index (χ4v) is 1.84. The van der Waals surface area contributed by atoms with Crippen LogP contribution in [0, 0.1) is 0 Å². The van der Waals surface area contributed by atoms with Gasteiger partial charge < -0.3 is 0 Å². The Hall–Kier alpha value is -0.280. The van der Waals surface area contributed by atoms with Gasteiger partial charge in [0.1, 0.15) is 11.0 Å². The maximum absolute atomic E-state index is 5.71. The Morgan fingerprint density at radius 1 is 1.55 bits per heavy atom. The normalized spacial score (nSPS) is 17.9. The van der Waals surface area contributed by atoms with Gasteiger partial charge in [0.05, 0.1) is 0 Å². The van der Waals surface area contributed by atoms with Crippen LogP contribution in [0.25, 0.3) is 0 Å². The van der Waals surface area contributed by atoms with E-state index in [-0.39, 0.29) is 0 Å². The molecule has 1 aromatic rings. The number of rotatable bonds is 1. The van der Waals surface area contributed by atoms with Crippen LogP contribution in [-0.4, -0.2) is 21.5 Å². The van der Waals surface area contributed by atoms with Gasteiger partial charge in [0, 0.05) is 23.6 Å². The van der Waals surface area contributed by atoms with Gasteiger partial charge in [0.25, 0.3) is 0 Å². The Balaban J connectivity index is 2.23. The Bertz CT molecular complexity index is 262. The summed E-state index contributed by atoms with van der Waals surface area (Å²) in [6, 6.07) is 1.71. The molecule has 1 aliphatic heterocycles. The first-order chi connectivity index (χ1) is 5.36. The van der Waals surface area contributed by atoms with Crippen molar-refractivity contribution < 1.29 is 0 Å². The lowest BCUT2D eigenvalue weighted by Crippen LogP contribution is -2.18. The molecule has 0 aromatic carbocycles. The highest BCUT2D eigenvalue weighted by Gasteiger charge is 2.22. The monoisotopic (exact) mass is 186 g/mol. The maximum Gasteiger partial charge on any atom is 0.134 e. The van der Waals surface area contributed by atoms with Crippen LogP contribution in [0.15, 0.2) is 12.3 Å². The summed E-state index contributed by atoms with van der Waals surface area (Å²) in [6.07, 6.45) is 1.72. The highest BCUT2D eigenvalue weighted by molar-refractivity contribution is 8.00. The van der Waals surface area contributed by atoms with E-state index in [1.807, 2.05) is 11.8 Å². The van der Waals surface area contributed by atoms with Gasteiger partial charge in [-0.15, -0.1) is 0 Å².